The number of fused-ring (bicyclic) bond motifs is 1. The summed E-state index contributed by atoms with van der Waals surface area (Å²) in [5.41, 5.74) is 2.75. The highest BCUT2D eigenvalue weighted by molar-refractivity contribution is 8.06. The van der Waals surface area contributed by atoms with Gasteiger partial charge in [-0.25, -0.2) is 0 Å². The van der Waals surface area contributed by atoms with Gasteiger partial charge in [-0.15, -0.1) is 11.8 Å². The predicted octanol–water partition coefficient (Wildman–Crippen LogP) is 2.98. The molecule has 4 nitrogen and oxygen atoms in total. The summed E-state index contributed by atoms with van der Waals surface area (Å²) in [4.78, 5) is 4.66. The second-order valence-corrected chi connectivity index (χ2v) is 7.79. The third-order valence-electron chi connectivity index (χ3n) is 3.94. The standard InChI is InChI=1S/C15H17N3OS2/c1-2-4-11-8-16-12(7-10(11)3-1)15-17-14(18-19-15)13-9-20-5-6-21-13/h1-4,12-13,16H,5-9H2/t12-,13?/m0/s1. The fourth-order valence-corrected chi connectivity index (χ4v) is 5.37. The van der Waals surface area contributed by atoms with Crippen LogP contribution >= 0.6 is 23.5 Å². The van der Waals surface area contributed by atoms with E-state index in [1.165, 1.54) is 22.6 Å². The smallest absolute Gasteiger partial charge is 0.244 e. The van der Waals surface area contributed by atoms with E-state index in [1.54, 1.807) is 0 Å². The van der Waals surface area contributed by atoms with Crippen LogP contribution < -0.4 is 5.32 Å². The number of hydrogen-bond acceptors (Lipinski definition) is 6. The molecule has 4 rings (SSSR count). The van der Waals surface area contributed by atoms with Crippen LogP contribution in [0.5, 0.6) is 0 Å². The molecule has 0 aliphatic carbocycles. The lowest BCUT2D eigenvalue weighted by Gasteiger charge is -2.23. The molecule has 0 spiro atoms. The van der Waals surface area contributed by atoms with Gasteiger partial charge in [0.2, 0.25) is 5.89 Å². The van der Waals surface area contributed by atoms with Crippen LogP contribution in [0, 0.1) is 0 Å². The van der Waals surface area contributed by atoms with Crippen LogP contribution in [-0.2, 0) is 13.0 Å². The lowest BCUT2D eigenvalue weighted by atomic mass is 9.96. The van der Waals surface area contributed by atoms with Crippen molar-refractivity contribution >= 4 is 23.5 Å². The monoisotopic (exact) mass is 319 g/mol. The van der Waals surface area contributed by atoms with Crippen molar-refractivity contribution in [2.45, 2.75) is 24.3 Å². The third-order valence-corrected chi connectivity index (χ3v) is 6.69. The predicted molar refractivity (Wildman–Crippen MR) is 86.5 cm³/mol. The van der Waals surface area contributed by atoms with Gasteiger partial charge in [-0.3, -0.25) is 0 Å². The molecular formula is C15H17N3OS2. The molecule has 1 aromatic heterocycles. The third kappa shape index (κ3) is 2.84. The first kappa shape index (κ1) is 13.7. The quantitative estimate of drug-likeness (QED) is 0.918. The fourth-order valence-electron chi connectivity index (χ4n) is 2.79. The van der Waals surface area contributed by atoms with Crippen molar-refractivity contribution in [3.05, 3.63) is 47.1 Å². The second-order valence-electron chi connectivity index (χ2n) is 5.33. The summed E-state index contributed by atoms with van der Waals surface area (Å²) in [6.07, 6.45) is 0.921. The first-order valence-corrected chi connectivity index (χ1v) is 9.43. The summed E-state index contributed by atoms with van der Waals surface area (Å²) < 4.78 is 5.53. The number of nitrogens with zero attached hydrogens (tertiary/aromatic N) is 2. The largest absolute Gasteiger partial charge is 0.338 e. The Balaban J connectivity index is 1.51. The Labute approximate surface area is 132 Å². The van der Waals surface area contributed by atoms with Gasteiger partial charge in [-0.1, -0.05) is 29.4 Å². The average molecular weight is 319 g/mol. The van der Waals surface area contributed by atoms with Crippen molar-refractivity contribution < 1.29 is 4.52 Å². The topological polar surface area (TPSA) is 51.0 Å². The van der Waals surface area contributed by atoms with Gasteiger partial charge in [0.1, 0.15) is 0 Å². The lowest BCUT2D eigenvalue weighted by Crippen LogP contribution is -2.28. The van der Waals surface area contributed by atoms with Crippen LogP contribution in [0.2, 0.25) is 0 Å². The molecule has 2 aromatic rings. The molecule has 0 saturated carbocycles. The van der Waals surface area contributed by atoms with Crippen LogP contribution in [0.15, 0.2) is 28.8 Å². The summed E-state index contributed by atoms with van der Waals surface area (Å²) in [7, 11) is 0. The van der Waals surface area contributed by atoms with E-state index in [-0.39, 0.29) is 6.04 Å². The van der Waals surface area contributed by atoms with Gasteiger partial charge in [0.05, 0.1) is 11.3 Å². The van der Waals surface area contributed by atoms with Gasteiger partial charge >= 0.3 is 0 Å². The van der Waals surface area contributed by atoms with Crippen LogP contribution in [-0.4, -0.2) is 27.4 Å². The van der Waals surface area contributed by atoms with Gasteiger partial charge in [0, 0.05) is 23.8 Å². The summed E-state index contributed by atoms with van der Waals surface area (Å²) in [5, 5.41) is 8.10. The Bertz CT molecular complexity index is 625. The van der Waals surface area contributed by atoms with Crippen molar-refractivity contribution in [3.63, 3.8) is 0 Å². The molecule has 1 fully saturated rings. The van der Waals surface area contributed by atoms with Crippen LogP contribution in [0.1, 0.15) is 34.1 Å². The van der Waals surface area contributed by atoms with Crippen LogP contribution in [0.3, 0.4) is 0 Å². The zero-order valence-corrected chi connectivity index (χ0v) is 13.3. The Morgan fingerprint density at radius 3 is 2.95 bits per heavy atom. The number of rotatable bonds is 2. The van der Waals surface area contributed by atoms with Crippen molar-refractivity contribution in [1.82, 2.24) is 15.5 Å². The van der Waals surface area contributed by atoms with Crippen LogP contribution in [0.25, 0.3) is 0 Å². The SMILES string of the molecule is c1ccc2c(c1)CN[C@H](c1nc(C3CSCCS3)no1)C2. The highest BCUT2D eigenvalue weighted by atomic mass is 32.2. The van der Waals surface area contributed by atoms with E-state index < -0.39 is 0 Å². The molecule has 2 atom stereocenters. The van der Waals surface area contributed by atoms with E-state index in [9.17, 15) is 0 Å². The summed E-state index contributed by atoms with van der Waals surface area (Å²) >= 11 is 3.91. The molecule has 6 heteroatoms. The molecule has 2 aliphatic rings. The number of nitrogens with one attached hydrogen (secondary N) is 1. The van der Waals surface area contributed by atoms with Gasteiger partial charge in [0.15, 0.2) is 5.82 Å². The maximum atomic E-state index is 5.53. The molecule has 21 heavy (non-hydrogen) atoms. The van der Waals surface area contributed by atoms with E-state index in [2.05, 4.69) is 39.7 Å². The Kier molecular flexibility index (Phi) is 3.92. The van der Waals surface area contributed by atoms with E-state index in [4.69, 9.17) is 4.52 Å². The van der Waals surface area contributed by atoms with Gasteiger partial charge in [0.25, 0.3) is 0 Å². The number of aromatic nitrogens is 2. The fraction of sp³-hybridized carbons (Fsp3) is 0.467. The van der Waals surface area contributed by atoms with Crippen LogP contribution in [0.4, 0.5) is 0 Å². The van der Waals surface area contributed by atoms with E-state index in [0.29, 0.717) is 5.25 Å². The van der Waals surface area contributed by atoms with E-state index >= 15 is 0 Å². The molecule has 110 valence electrons. The van der Waals surface area contributed by atoms with Crippen molar-refractivity contribution in [2.75, 3.05) is 17.3 Å². The maximum Gasteiger partial charge on any atom is 0.244 e. The highest BCUT2D eigenvalue weighted by Gasteiger charge is 2.27. The van der Waals surface area contributed by atoms with E-state index in [1.807, 2.05) is 23.5 Å². The normalized spacial score (nSPS) is 25.5. The number of thioether (sulfide) groups is 2. The minimum Gasteiger partial charge on any atom is -0.338 e. The molecule has 1 aromatic carbocycles. The molecular weight excluding hydrogens is 302 g/mol. The van der Waals surface area contributed by atoms with Gasteiger partial charge in [-0.2, -0.15) is 16.7 Å². The Morgan fingerprint density at radius 1 is 1.19 bits per heavy atom. The van der Waals surface area contributed by atoms with Crippen molar-refractivity contribution in [2.24, 2.45) is 0 Å². The lowest BCUT2D eigenvalue weighted by molar-refractivity contribution is 0.319. The van der Waals surface area contributed by atoms with Crippen molar-refractivity contribution in [1.29, 1.82) is 0 Å². The van der Waals surface area contributed by atoms with Gasteiger partial charge < -0.3 is 9.84 Å². The Morgan fingerprint density at radius 2 is 2.10 bits per heavy atom. The highest BCUT2D eigenvalue weighted by Crippen LogP contribution is 2.36. The zero-order valence-electron chi connectivity index (χ0n) is 11.6. The minimum absolute atomic E-state index is 0.141. The molecule has 2 aliphatic heterocycles. The molecule has 0 amide bonds. The van der Waals surface area contributed by atoms with E-state index in [0.717, 1.165) is 30.4 Å². The average Bonchev–Trinajstić information content (AvgIpc) is 3.05. The molecule has 0 radical (unpaired) electrons. The molecule has 1 saturated heterocycles. The molecule has 1 unspecified atom stereocenters. The first-order chi connectivity index (χ1) is 10.4. The van der Waals surface area contributed by atoms with Gasteiger partial charge in [-0.05, 0) is 17.5 Å². The maximum absolute atomic E-state index is 5.53. The summed E-state index contributed by atoms with van der Waals surface area (Å²) in [6, 6.07) is 8.68. The summed E-state index contributed by atoms with van der Waals surface area (Å²) in [5.74, 6) is 5.09. The number of benzene rings is 1. The Hall–Kier alpha value is -0.980. The zero-order chi connectivity index (χ0) is 14.1. The minimum atomic E-state index is 0.141. The number of hydrogen-bond donors (Lipinski definition) is 1. The first-order valence-electron chi connectivity index (χ1n) is 7.23. The molecule has 1 N–H and O–H groups in total. The molecule has 0 bridgehead atoms. The molecule has 3 heterocycles. The second kappa shape index (κ2) is 6.02. The van der Waals surface area contributed by atoms with Crippen molar-refractivity contribution in [3.8, 4) is 0 Å². The summed E-state index contributed by atoms with van der Waals surface area (Å²) in [6.45, 7) is 0.868.